The molecule has 142 valence electrons. The van der Waals surface area contributed by atoms with E-state index in [9.17, 15) is 14.9 Å². The summed E-state index contributed by atoms with van der Waals surface area (Å²) in [5, 5.41) is 14.3. The number of nitro benzene ring substituents is 1. The van der Waals surface area contributed by atoms with Crippen LogP contribution in [0.25, 0.3) is 22.2 Å². The maximum Gasteiger partial charge on any atom is 0.269 e. The van der Waals surface area contributed by atoms with Gasteiger partial charge in [-0.05, 0) is 36.4 Å². The highest BCUT2D eigenvalue weighted by Crippen LogP contribution is 2.27. The number of nitro groups is 1. The van der Waals surface area contributed by atoms with Gasteiger partial charge in [0.15, 0.2) is 0 Å². The van der Waals surface area contributed by atoms with Gasteiger partial charge in [0, 0.05) is 33.2 Å². The van der Waals surface area contributed by atoms with Crippen molar-refractivity contribution in [2.24, 2.45) is 0 Å². The number of pyridine rings is 1. The molecule has 0 spiro atoms. The number of halogens is 1. The molecule has 0 unspecified atom stereocenters. The van der Waals surface area contributed by atoms with Crippen molar-refractivity contribution in [1.29, 1.82) is 0 Å². The summed E-state index contributed by atoms with van der Waals surface area (Å²) in [7, 11) is 0. The van der Waals surface area contributed by atoms with Crippen LogP contribution in [-0.4, -0.2) is 15.8 Å². The quantitative estimate of drug-likeness (QED) is 0.315. The Morgan fingerprint density at radius 1 is 0.966 bits per heavy atom. The predicted molar refractivity (Wildman–Crippen MR) is 116 cm³/mol. The fourth-order valence-corrected chi connectivity index (χ4v) is 3.26. The van der Waals surface area contributed by atoms with Crippen molar-refractivity contribution in [2.45, 2.75) is 0 Å². The van der Waals surface area contributed by atoms with Crippen LogP contribution in [0.1, 0.15) is 10.4 Å². The SMILES string of the molecule is O=C(Nc1ccc([N+](=O)[O-])cc1)c1cc(-c2ccc(Br)cc2)nc2ccccc12. The van der Waals surface area contributed by atoms with Crippen LogP contribution in [0.2, 0.25) is 0 Å². The van der Waals surface area contributed by atoms with Crippen LogP contribution >= 0.6 is 15.9 Å². The minimum Gasteiger partial charge on any atom is -0.322 e. The van der Waals surface area contributed by atoms with Crippen molar-refractivity contribution in [3.63, 3.8) is 0 Å². The average Bonchev–Trinajstić information content (AvgIpc) is 2.74. The van der Waals surface area contributed by atoms with Crippen LogP contribution in [0, 0.1) is 10.1 Å². The highest BCUT2D eigenvalue weighted by atomic mass is 79.9. The molecular weight excluding hydrogens is 434 g/mol. The molecule has 1 N–H and O–H groups in total. The number of nitrogens with one attached hydrogen (secondary N) is 1. The van der Waals surface area contributed by atoms with Crippen LogP contribution < -0.4 is 5.32 Å². The molecule has 6 nitrogen and oxygen atoms in total. The molecule has 1 amide bonds. The molecule has 0 atom stereocenters. The average molecular weight is 448 g/mol. The van der Waals surface area contributed by atoms with E-state index in [0.29, 0.717) is 22.5 Å². The molecule has 0 fully saturated rings. The van der Waals surface area contributed by atoms with Gasteiger partial charge in [-0.1, -0.05) is 46.3 Å². The highest BCUT2D eigenvalue weighted by molar-refractivity contribution is 9.10. The fourth-order valence-electron chi connectivity index (χ4n) is 3.00. The summed E-state index contributed by atoms with van der Waals surface area (Å²) in [5.41, 5.74) is 3.21. The lowest BCUT2D eigenvalue weighted by atomic mass is 10.0. The Morgan fingerprint density at radius 3 is 2.34 bits per heavy atom. The van der Waals surface area contributed by atoms with E-state index in [1.807, 2.05) is 48.5 Å². The molecule has 0 saturated heterocycles. The van der Waals surface area contributed by atoms with Gasteiger partial charge >= 0.3 is 0 Å². The number of amides is 1. The Hall–Kier alpha value is -3.58. The number of fused-ring (bicyclic) bond motifs is 1. The number of aromatic nitrogens is 1. The first-order valence-electron chi connectivity index (χ1n) is 8.73. The minimum atomic E-state index is -0.480. The molecule has 7 heteroatoms. The first-order chi connectivity index (χ1) is 14.0. The lowest BCUT2D eigenvalue weighted by Crippen LogP contribution is -2.13. The molecule has 1 heterocycles. The summed E-state index contributed by atoms with van der Waals surface area (Å²) in [6.07, 6.45) is 0. The third-order valence-electron chi connectivity index (χ3n) is 4.44. The number of hydrogen-bond donors (Lipinski definition) is 1. The molecule has 0 aliphatic heterocycles. The first kappa shape index (κ1) is 18.8. The molecule has 1 aromatic heterocycles. The number of carbonyl (C=O) groups excluding carboxylic acids is 1. The van der Waals surface area contributed by atoms with Gasteiger partial charge in [-0.15, -0.1) is 0 Å². The van der Waals surface area contributed by atoms with Crippen LogP contribution in [-0.2, 0) is 0 Å². The van der Waals surface area contributed by atoms with E-state index >= 15 is 0 Å². The Kier molecular flexibility index (Phi) is 5.05. The monoisotopic (exact) mass is 447 g/mol. The lowest BCUT2D eigenvalue weighted by molar-refractivity contribution is -0.384. The van der Waals surface area contributed by atoms with Gasteiger partial charge in [-0.25, -0.2) is 4.98 Å². The molecule has 4 rings (SSSR count). The summed E-state index contributed by atoms with van der Waals surface area (Å²) in [5.74, 6) is -0.309. The predicted octanol–water partition coefficient (Wildman–Crippen LogP) is 5.82. The largest absolute Gasteiger partial charge is 0.322 e. The standard InChI is InChI=1S/C22H14BrN3O3/c23-15-7-5-14(6-8-15)21-13-19(18-3-1-2-4-20(18)25-21)22(27)24-16-9-11-17(12-10-16)26(28)29/h1-13H,(H,24,27). The van der Waals surface area contributed by atoms with Gasteiger partial charge in [0.05, 0.1) is 21.7 Å². The second-order valence-electron chi connectivity index (χ2n) is 6.34. The molecule has 0 saturated carbocycles. The van der Waals surface area contributed by atoms with Crippen molar-refractivity contribution >= 4 is 44.1 Å². The summed E-state index contributed by atoms with van der Waals surface area (Å²) in [6, 6.07) is 22.6. The van der Waals surface area contributed by atoms with Crippen molar-refractivity contribution in [3.8, 4) is 11.3 Å². The van der Waals surface area contributed by atoms with Gasteiger partial charge in [0.25, 0.3) is 11.6 Å². The number of non-ortho nitro benzene ring substituents is 1. The van der Waals surface area contributed by atoms with Crippen LogP contribution in [0.5, 0.6) is 0 Å². The molecule has 0 radical (unpaired) electrons. The van der Waals surface area contributed by atoms with Gasteiger partial charge < -0.3 is 5.32 Å². The number of carbonyl (C=O) groups is 1. The van der Waals surface area contributed by atoms with Crippen molar-refractivity contribution < 1.29 is 9.72 Å². The van der Waals surface area contributed by atoms with E-state index in [0.717, 1.165) is 15.4 Å². The number of benzene rings is 3. The fraction of sp³-hybridized carbons (Fsp3) is 0. The number of nitrogens with zero attached hydrogens (tertiary/aromatic N) is 2. The topological polar surface area (TPSA) is 85.1 Å². The summed E-state index contributed by atoms with van der Waals surface area (Å²) >= 11 is 3.42. The van der Waals surface area contributed by atoms with Crippen LogP contribution in [0.4, 0.5) is 11.4 Å². The van der Waals surface area contributed by atoms with E-state index in [1.54, 1.807) is 6.07 Å². The van der Waals surface area contributed by atoms with Crippen molar-refractivity contribution in [1.82, 2.24) is 4.98 Å². The number of anilines is 1. The number of hydrogen-bond acceptors (Lipinski definition) is 4. The van der Waals surface area contributed by atoms with Crippen LogP contribution in [0.15, 0.2) is 83.3 Å². The van der Waals surface area contributed by atoms with Crippen molar-refractivity contribution in [3.05, 3.63) is 99.0 Å². The molecule has 0 aliphatic rings. The number of rotatable bonds is 4. The van der Waals surface area contributed by atoms with E-state index < -0.39 is 4.92 Å². The maximum atomic E-state index is 13.0. The Bertz CT molecular complexity index is 1220. The zero-order valence-electron chi connectivity index (χ0n) is 15.0. The third-order valence-corrected chi connectivity index (χ3v) is 4.97. The first-order valence-corrected chi connectivity index (χ1v) is 9.52. The summed E-state index contributed by atoms with van der Waals surface area (Å²) in [4.78, 5) is 28.0. The maximum absolute atomic E-state index is 13.0. The van der Waals surface area contributed by atoms with E-state index in [2.05, 4.69) is 26.2 Å². The lowest BCUT2D eigenvalue weighted by Gasteiger charge is -2.11. The van der Waals surface area contributed by atoms with Gasteiger partial charge in [-0.2, -0.15) is 0 Å². The normalized spacial score (nSPS) is 10.7. The Morgan fingerprint density at radius 2 is 1.66 bits per heavy atom. The van der Waals surface area contributed by atoms with Gasteiger partial charge in [0.1, 0.15) is 0 Å². The van der Waals surface area contributed by atoms with E-state index in [4.69, 9.17) is 0 Å². The molecule has 0 aliphatic carbocycles. The Labute approximate surface area is 174 Å². The van der Waals surface area contributed by atoms with Gasteiger partial charge in [-0.3, -0.25) is 14.9 Å². The molecule has 29 heavy (non-hydrogen) atoms. The van der Waals surface area contributed by atoms with E-state index in [1.165, 1.54) is 24.3 Å². The molecule has 0 bridgehead atoms. The van der Waals surface area contributed by atoms with Crippen molar-refractivity contribution in [2.75, 3.05) is 5.32 Å². The minimum absolute atomic E-state index is 0.0325. The second-order valence-corrected chi connectivity index (χ2v) is 7.25. The molecule has 4 aromatic rings. The van der Waals surface area contributed by atoms with Crippen LogP contribution in [0.3, 0.4) is 0 Å². The smallest absolute Gasteiger partial charge is 0.269 e. The zero-order chi connectivity index (χ0) is 20.4. The highest BCUT2D eigenvalue weighted by Gasteiger charge is 2.15. The third kappa shape index (κ3) is 4.00. The Balaban J connectivity index is 1.74. The van der Waals surface area contributed by atoms with Gasteiger partial charge in [0.2, 0.25) is 0 Å². The van der Waals surface area contributed by atoms with E-state index in [-0.39, 0.29) is 11.6 Å². The summed E-state index contributed by atoms with van der Waals surface area (Å²) < 4.78 is 0.957. The second kappa shape index (κ2) is 7.81. The molecular formula is C22H14BrN3O3. The number of para-hydroxylation sites is 1. The summed E-state index contributed by atoms with van der Waals surface area (Å²) in [6.45, 7) is 0. The molecule has 3 aromatic carbocycles. The zero-order valence-corrected chi connectivity index (χ0v) is 16.6.